The van der Waals surface area contributed by atoms with Gasteiger partial charge in [-0.15, -0.1) is 0 Å². The van der Waals surface area contributed by atoms with Crippen molar-refractivity contribution in [1.29, 1.82) is 0 Å². The number of aromatic nitrogens is 1. The molecule has 0 bridgehead atoms. The molecule has 20 heavy (non-hydrogen) atoms. The summed E-state index contributed by atoms with van der Waals surface area (Å²) >= 11 is 5.35. The average Bonchev–Trinajstić information content (AvgIpc) is 2.46. The van der Waals surface area contributed by atoms with Crippen molar-refractivity contribution in [1.82, 2.24) is 4.98 Å². The Hall–Kier alpha value is -2.08. The number of hydrogen-bond donors (Lipinski definition) is 1. The maximum atomic E-state index is 11.8. The Balaban J connectivity index is 2.66. The summed E-state index contributed by atoms with van der Waals surface area (Å²) in [6.45, 7) is 2.05. The number of hydrogen-bond acceptors (Lipinski definition) is 5. The van der Waals surface area contributed by atoms with Crippen LogP contribution >= 0.6 is 12.2 Å². The third-order valence-corrected chi connectivity index (χ3v) is 3.32. The first-order chi connectivity index (χ1) is 9.62. The lowest BCUT2D eigenvalue weighted by molar-refractivity contribution is 0.0525. The van der Waals surface area contributed by atoms with E-state index in [0.717, 1.165) is 5.52 Å². The van der Waals surface area contributed by atoms with Gasteiger partial charge in [0.15, 0.2) is 11.5 Å². The Labute approximate surface area is 121 Å². The summed E-state index contributed by atoms with van der Waals surface area (Å²) in [5.74, 6) is 0.709. The standard InChI is InChI=1S/C14H15NO4S/c1-4-19-14(16)9-7-15-10-6-12(18-3)11(17-2)5-8(10)13(9)20/h5-7H,4H2,1-3H3,(H,15,20). The summed E-state index contributed by atoms with van der Waals surface area (Å²) in [6, 6.07) is 3.52. The van der Waals surface area contributed by atoms with E-state index in [1.54, 1.807) is 39.5 Å². The fraction of sp³-hybridized carbons (Fsp3) is 0.286. The van der Waals surface area contributed by atoms with Crippen molar-refractivity contribution < 1.29 is 19.0 Å². The van der Waals surface area contributed by atoms with Crippen molar-refractivity contribution in [3.05, 3.63) is 28.4 Å². The van der Waals surface area contributed by atoms with Gasteiger partial charge in [0.25, 0.3) is 0 Å². The monoisotopic (exact) mass is 293 g/mol. The maximum absolute atomic E-state index is 11.8. The molecular weight excluding hydrogens is 278 g/mol. The van der Waals surface area contributed by atoms with Crippen LogP contribution in [-0.4, -0.2) is 31.8 Å². The predicted octanol–water partition coefficient (Wildman–Crippen LogP) is 3.09. The van der Waals surface area contributed by atoms with Crippen LogP contribution in [0.2, 0.25) is 0 Å². The van der Waals surface area contributed by atoms with Crippen LogP contribution in [0, 0.1) is 4.51 Å². The molecule has 0 saturated heterocycles. The van der Waals surface area contributed by atoms with E-state index in [2.05, 4.69) is 4.98 Å². The van der Waals surface area contributed by atoms with Gasteiger partial charge in [0, 0.05) is 17.6 Å². The largest absolute Gasteiger partial charge is 0.493 e. The molecule has 2 aromatic rings. The molecule has 0 aliphatic rings. The minimum Gasteiger partial charge on any atom is -0.493 e. The molecule has 1 aromatic heterocycles. The van der Waals surface area contributed by atoms with Crippen molar-refractivity contribution in [2.24, 2.45) is 0 Å². The highest BCUT2D eigenvalue weighted by molar-refractivity contribution is 7.71. The molecule has 106 valence electrons. The second kappa shape index (κ2) is 5.92. The number of pyridine rings is 1. The Morgan fingerprint density at radius 2 is 1.90 bits per heavy atom. The molecule has 6 heteroatoms. The van der Waals surface area contributed by atoms with E-state index in [0.29, 0.717) is 33.6 Å². The van der Waals surface area contributed by atoms with Crippen molar-refractivity contribution in [2.75, 3.05) is 20.8 Å². The van der Waals surface area contributed by atoms with Gasteiger partial charge in [-0.05, 0) is 13.0 Å². The van der Waals surface area contributed by atoms with Gasteiger partial charge in [-0.1, -0.05) is 12.2 Å². The highest BCUT2D eigenvalue weighted by Gasteiger charge is 2.13. The molecule has 0 radical (unpaired) electrons. The number of carbonyl (C=O) groups excluding carboxylic acids is 1. The number of esters is 1. The number of aromatic amines is 1. The second-order valence-corrected chi connectivity index (χ2v) is 4.41. The van der Waals surface area contributed by atoms with E-state index >= 15 is 0 Å². The zero-order valence-electron chi connectivity index (χ0n) is 11.5. The van der Waals surface area contributed by atoms with Crippen LogP contribution in [0.25, 0.3) is 10.9 Å². The van der Waals surface area contributed by atoms with Crippen LogP contribution in [0.5, 0.6) is 11.5 Å². The topological polar surface area (TPSA) is 60.6 Å². The lowest BCUT2D eigenvalue weighted by Gasteiger charge is -2.10. The number of fused-ring (bicyclic) bond motifs is 1. The zero-order chi connectivity index (χ0) is 14.7. The van der Waals surface area contributed by atoms with E-state index in [-0.39, 0.29) is 0 Å². The predicted molar refractivity (Wildman–Crippen MR) is 78.2 cm³/mol. The highest BCUT2D eigenvalue weighted by atomic mass is 32.1. The molecule has 1 N–H and O–H groups in total. The molecule has 1 aromatic carbocycles. The van der Waals surface area contributed by atoms with Gasteiger partial charge in [-0.3, -0.25) is 0 Å². The summed E-state index contributed by atoms with van der Waals surface area (Å²) < 4.78 is 15.9. The van der Waals surface area contributed by atoms with E-state index in [4.69, 9.17) is 26.4 Å². The molecule has 0 unspecified atom stereocenters. The van der Waals surface area contributed by atoms with E-state index in [9.17, 15) is 4.79 Å². The van der Waals surface area contributed by atoms with Crippen molar-refractivity contribution in [3.63, 3.8) is 0 Å². The molecule has 0 atom stereocenters. The van der Waals surface area contributed by atoms with Gasteiger partial charge in [0.2, 0.25) is 0 Å². The van der Waals surface area contributed by atoms with Crippen LogP contribution in [0.15, 0.2) is 18.3 Å². The Morgan fingerprint density at radius 3 is 2.50 bits per heavy atom. The van der Waals surface area contributed by atoms with Crippen LogP contribution < -0.4 is 9.47 Å². The lowest BCUT2D eigenvalue weighted by atomic mass is 10.1. The third kappa shape index (κ3) is 2.46. The van der Waals surface area contributed by atoms with Crippen molar-refractivity contribution in [2.45, 2.75) is 6.92 Å². The molecule has 2 rings (SSSR count). The molecule has 0 saturated carbocycles. The van der Waals surface area contributed by atoms with Crippen LogP contribution in [0.3, 0.4) is 0 Å². The Kier molecular flexibility index (Phi) is 4.24. The number of methoxy groups -OCH3 is 2. The first kappa shape index (κ1) is 14.3. The summed E-state index contributed by atoms with van der Waals surface area (Å²) in [4.78, 5) is 14.8. The molecule has 5 nitrogen and oxygen atoms in total. The summed E-state index contributed by atoms with van der Waals surface area (Å²) in [5.41, 5.74) is 1.10. The fourth-order valence-corrected chi connectivity index (χ4v) is 2.22. The number of nitrogens with one attached hydrogen (secondary N) is 1. The van der Waals surface area contributed by atoms with Crippen LogP contribution in [-0.2, 0) is 4.74 Å². The summed E-state index contributed by atoms with van der Waals surface area (Å²) in [6.07, 6.45) is 1.55. The summed E-state index contributed by atoms with van der Waals surface area (Å²) in [5, 5.41) is 0.711. The number of H-pyrrole nitrogens is 1. The number of carbonyl (C=O) groups is 1. The Morgan fingerprint density at radius 1 is 1.25 bits per heavy atom. The van der Waals surface area contributed by atoms with Gasteiger partial charge in [-0.2, -0.15) is 0 Å². The Bertz CT molecular complexity index is 708. The zero-order valence-corrected chi connectivity index (χ0v) is 12.3. The second-order valence-electron chi connectivity index (χ2n) is 4.00. The molecule has 0 aliphatic carbocycles. The van der Waals surface area contributed by atoms with Gasteiger partial charge in [-0.25, -0.2) is 4.79 Å². The molecular formula is C14H15NO4S. The smallest absolute Gasteiger partial charge is 0.341 e. The minimum atomic E-state index is -0.439. The molecule has 0 spiro atoms. The van der Waals surface area contributed by atoms with Crippen molar-refractivity contribution >= 4 is 29.1 Å². The first-order valence-electron chi connectivity index (χ1n) is 6.06. The van der Waals surface area contributed by atoms with E-state index in [1.165, 1.54) is 0 Å². The van der Waals surface area contributed by atoms with E-state index < -0.39 is 5.97 Å². The van der Waals surface area contributed by atoms with Crippen LogP contribution in [0.1, 0.15) is 17.3 Å². The normalized spacial score (nSPS) is 10.3. The highest BCUT2D eigenvalue weighted by Crippen LogP contribution is 2.32. The van der Waals surface area contributed by atoms with Crippen molar-refractivity contribution in [3.8, 4) is 11.5 Å². The first-order valence-corrected chi connectivity index (χ1v) is 6.47. The number of benzene rings is 1. The lowest BCUT2D eigenvalue weighted by Crippen LogP contribution is -2.06. The number of rotatable bonds is 4. The number of ether oxygens (including phenoxy) is 3. The molecule has 0 fully saturated rings. The SMILES string of the molecule is CCOC(=O)c1c[nH]c2cc(OC)c(OC)cc2c1=S. The van der Waals surface area contributed by atoms with Gasteiger partial charge >= 0.3 is 5.97 Å². The minimum absolute atomic E-state index is 0.303. The van der Waals surface area contributed by atoms with Gasteiger partial charge < -0.3 is 19.2 Å². The quantitative estimate of drug-likeness (QED) is 0.693. The van der Waals surface area contributed by atoms with E-state index in [1.807, 2.05) is 0 Å². The molecule has 0 aliphatic heterocycles. The molecule has 1 heterocycles. The maximum Gasteiger partial charge on any atom is 0.341 e. The fourth-order valence-electron chi connectivity index (χ4n) is 1.91. The molecule has 0 amide bonds. The third-order valence-electron chi connectivity index (χ3n) is 2.88. The average molecular weight is 293 g/mol. The van der Waals surface area contributed by atoms with Gasteiger partial charge in [0.1, 0.15) is 0 Å². The van der Waals surface area contributed by atoms with Gasteiger partial charge in [0.05, 0.1) is 36.4 Å². The van der Waals surface area contributed by atoms with Crippen LogP contribution in [0.4, 0.5) is 0 Å². The summed E-state index contributed by atoms with van der Waals surface area (Å²) in [7, 11) is 3.11.